The lowest BCUT2D eigenvalue weighted by atomic mass is 9.77. The van der Waals surface area contributed by atoms with Crippen molar-refractivity contribution in [3.05, 3.63) is 23.8 Å². The highest BCUT2D eigenvalue weighted by Gasteiger charge is 2.52. The SMILES string of the molecule is CCN(CC(=O)NN1C(=O)NC2(CCC(C)CC2)C1=O)Cc1ccc2c(c1)OCO2. The van der Waals surface area contributed by atoms with Crippen molar-refractivity contribution in [3.8, 4) is 11.5 Å². The van der Waals surface area contributed by atoms with Crippen LogP contribution in [0.15, 0.2) is 18.2 Å². The van der Waals surface area contributed by atoms with Crippen molar-refractivity contribution in [3.63, 3.8) is 0 Å². The monoisotopic (exact) mass is 416 g/mol. The van der Waals surface area contributed by atoms with Crippen LogP contribution in [0.25, 0.3) is 0 Å². The molecular weight excluding hydrogens is 388 g/mol. The number of nitrogens with one attached hydrogen (secondary N) is 2. The number of hydrazine groups is 1. The second kappa shape index (κ2) is 8.14. The Labute approximate surface area is 175 Å². The molecule has 1 spiro atoms. The first-order chi connectivity index (χ1) is 14.4. The fourth-order valence-electron chi connectivity index (χ4n) is 4.26. The van der Waals surface area contributed by atoms with Crippen LogP contribution in [0, 0.1) is 5.92 Å². The Morgan fingerprint density at radius 1 is 1.27 bits per heavy atom. The molecule has 4 rings (SSSR count). The average molecular weight is 416 g/mol. The maximum Gasteiger partial charge on any atom is 0.344 e. The Morgan fingerprint density at radius 2 is 2.00 bits per heavy atom. The molecule has 0 bridgehead atoms. The molecule has 1 saturated heterocycles. The van der Waals surface area contributed by atoms with Crippen LogP contribution in [0.4, 0.5) is 4.79 Å². The van der Waals surface area contributed by atoms with E-state index in [1.807, 2.05) is 30.0 Å². The Hall–Kier alpha value is -2.81. The van der Waals surface area contributed by atoms with E-state index < -0.39 is 17.5 Å². The summed E-state index contributed by atoms with van der Waals surface area (Å²) in [7, 11) is 0. The molecule has 2 N–H and O–H groups in total. The molecule has 3 aliphatic rings. The molecular formula is C21H28N4O5. The van der Waals surface area contributed by atoms with Crippen molar-refractivity contribution >= 4 is 17.8 Å². The van der Waals surface area contributed by atoms with Gasteiger partial charge in [0.1, 0.15) is 5.54 Å². The van der Waals surface area contributed by atoms with E-state index in [1.165, 1.54) is 0 Å². The van der Waals surface area contributed by atoms with Crippen LogP contribution in [-0.2, 0) is 16.1 Å². The number of benzene rings is 1. The molecule has 1 aromatic rings. The van der Waals surface area contributed by atoms with E-state index in [2.05, 4.69) is 17.7 Å². The van der Waals surface area contributed by atoms with Gasteiger partial charge in [-0.1, -0.05) is 19.9 Å². The summed E-state index contributed by atoms with van der Waals surface area (Å²) >= 11 is 0. The van der Waals surface area contributed by atoms with Crippen LogP contribution in [0.2, 0.25) is 0 Å². The van der Waals surface area contributed by atoms with Crippen molar-refractivity contribution in [2.75, 3.05) is 19.9 Å². The number of imide groups is 1. The van der Waals surface area contributed by atoms with Crippen molar-refractivity contribution in [1.82, 2.24) is 20.7 Å². The Morgan fingerprint density at radius 3 is 2.73 bits per heavy atom. The highest BCUT2D eigenvalue weighted by Crippen LogP contribution is 2.36. The topological polar surface area (TPSA) is 100 Å². The maximum atomic E-state index is 12.9. The first-order valence-electron chi connectivity index (χ1n) is 10.5. The molecule has 2 aliphatic heterocycles. The first kappa shape index (κ1) is 20.5. The summed E-state index contributed by atoms with van der Waals surface area (Å²) in [5, 5.41) is 3.66. The molecule has 1 saturated carbocycles. The zero-order chi connectivity index (χ0) is 21.3. The van der Waals surface area contributed by atoms with Gasteiger partial charge in [-0.05, 0) is 55.8 Å². The largest absolute Gasteiger partial charge is 0.454 e. The van der Waals surface area contributed by atoms with Crippen LogP contribution in [0.5, 0.6) is 11.5 Å². The molecule has 30 heavy (non-hydrogen) atoms. The second-order valence-electron chi connectivity index (χ2n) is 8.36. The third-order valence-electron chi connectivity index (χ3n) is 6.18. The predicted molar refractivity (Wildman–Crippen MR) is 107 cm³/mol. The minimum Gasteiger partial charge on any atom is -0.454 e. The Kier molecular flexibility index (Phi) is 5.55. The zero-order valence-electron chi connectivity index (χ0n) is 17.4. The van der Waals surface area contributed by atoms with Gasteiger partial charge in [-0.25, -0.2) is 4.79 Å². The molecule has 0 atom stereocenters. The fraction of sp³-hybridized carbons (Fsp3) is 0.571. The number of carbonyl (C=O) groups is 3. The lowest BCUT2D eigenvalue weighted by Gasteiger charge is -2.33. The van der Waals surface area contributed by atoms with E-state index in [1.54, 1.807) is 0 Å². The molecule has 9 nitrogen and oxygen atoms in total. The molecule has 1 aromatic carbocycles. The number of rotatable bonds is 6. The van der Waals surface area contributed by atoms with Gasteiger partial charge in [0.2, 0.25) is 6.79 Å². The zero-order valence-corrected chi connectivity index (χ0v) is 17.4. The summed E-state index contributed by atoms with van der Waals surface area (Å²) in [5.74, 6) is 1.19. The summed E-state index contributed by atoms with van der Waals surface area (Å²) in [5.41, 5.74) is 2.62. The van der Waals surface area contributed by atoms with E-state index in [0.29, 0.717) is 43.3 Å². The number of fused-ring (bicyclic) bond motifs is 1. The van der Waals surface area contributed by atoms with E-state index in [9.17, 15) is 14.4 Å². The highest BCUT2D eigenvalue weighted by molar-refractivity contribution is 6.08. The third kappa shape index (κ3) is 3.94. The van der Waals surface area contributed by atoms with Crippen molar-refractivity contribution < 1.29 is 23.9 Å². The van der Waals surface area contributed by atoms with Gasteiger partial charge in [0.15, 0.2) is 11.5 Å². The molecule has 0 unspecified atom stereocenters. The lowest BCUT2D eigenvalue weighted by molar-refractivity contribution is -0.140. The number of urea groups is 1. The molecule has 0 radical (unpaired) electrons. The van der Waals surface area contributed by atoms with Crippen LogP contribution in [0.1, 0.15) is 45.1 Å². The average Bonchev–Trinajstić information content (AvgIpc) is 3.28. The number of amides is 4. The molecule has 4 amide bonds. The molecule has 2 heterocycles. The normalized spacial score (nSPS) is 25.2. The van der Waals surface area contributed by atoms with E-state index in [-0.39, 0.29) is 19.2 Å². The summed E-state index contributed by atoms with van der Waals surface area (Å²) in [6.45, 7) is 5.53. The highest BCUT2D eigenvalue weighted by atomic mass is 16.7. The number of likely N-dealkylation sites (N-methyl/N-ethyl adjacent to an activating group) is 1. The van der Waals surface area contributed by atoms with Crippen molar-refractivity contribution in [2.24, 2.45) is 5.92 Å². The van der Waals surface area contributed by atoms with Crippen molar-refractivity contribution in [2.45, 2.75) is 51.6 Å². The van der Waals surface area contributed by atoms with Gasteiger partial charge in [0, 0.05) is 6.54 Å². The standard InChI is InChI=1S/C21H28N4O5/c1-3-24(11-15-4-5-16-17(10-15)30-13-29-16)12-18(26)23-25-19(27)21(22-20(25)28)8-6-14(2)7-9-21/h4-5,10,14H,3,6-9,11-13H2,1-2H3,(H,22,28)(H,23,26). The summed E-state index contributed by atoms with van der Waals surface area (Å²) in [4.78, 5) is 39.8. The van der Waals surface area contributed by atoms with Crippen LogP contribution < -0.4 is 20.2 Å². The maximum absolute atomic E-state index is 12.9. The minimum absolute atomic E-state index is 0.0615. The number of carbonyl (C=O) groups excluding carboxylic acids is 3. The van der Waals surface area contributed by atoms with Crippen LogP contribution >= 0.6 is 0 Å². The van der Waals surface area contributed by atoms with Gasteiger partial charge in [-0.15, -0.1) is 0 Å². The first-order valence-corrected chi connectivity index (χ1v) is 10.5. The van der Waals surface area contributed by atoms with Gasteiger partial charge in [-0.2, -0.15) is 5.01 Å². The van der Waals surface area contributed by atoms with E-state index in [4.69, 9.17) is 9.47 Å². The van der Waals surface area contributed by atoms with Gasteiger partial charge in [0.25, 0.3) is 11.8 Å². The fourth-order valence-corrected chi connectivity index (χ4v) is 4.26. The lowest BCUT2D eigenvalue weighted by Crippen LogP contribution is -2.52. The Bertz CT molecular complexity index is 850. The number of hydrogen-bond acceptors (Lipinski definition) is 6. The molecule has 2 fully saturated rings. The van der Waals surface area contributed by atoms with Gasteiger partial charge < -0.3 is 14.8 Å². The van der Waals surface area contributed by atoms with E-state index >= 15 is 0 Å². The summed E-state index contributed by atoms with van der Waals surface area (Å²) < 4.78 is 10.7. The molecule has 162 valence electrons. The van der Waals surface area contributed by atoms with Gasteiger partial charge >= 0.3 is 6.03 Å². The third-order valence-corrected chi connectivity index (χ3v) is 6.18. The smallest absolute Gasteiger partial charge is 0.344 e. The number of hydrogen-bond donors (Lipinski definition) is 2. The number of nitrogens with zero attached hydrogens (tertiary/aromatic N) is 2. The minimum atomic E-state index is -0.867. The van der Waals surface area contributed by atoms with Crippen molar-refractivity contribution in [1.29, 1.82) is 0 Å². The number of ether oxygens (including phenoxy) is 2. The molecule has 9 heteroatoms. The van der Waals surface area contributed by atoms with Gasteiger partial charge in [-0.3, -0.25) is 19.9 Å². The Balaban J connectivity index is 1.35. The predicted octanol–water partition coefficient (Wildman–Crippen LogP) is 1.77. The van der Waals surface area contributed by atoms with Crippen LogP contribution in [-0.4, -0.2) is 53.2 Å². The van der Waals surface area contributed by atoms with Gasteiger partial charge in [0.05, 0.1) is 6.54 Å². The quantitative estimate of drug-likeness (QED) is 0.686. The molecule has 0 aromatic heterocycles. The summed E-state index contributed by atoms with van der Waals surface area (Å²) in [6.07, 6.45) is 2.98. The van der Waals surface area contributed by atoms with E-state index in [0.717, 1.165) is 23.4 Å². The second-order valence-corrected chi connectivity index (χ2v) is 8.36. The van der Waals surface area contributed by atoms with Crippen LogP contribution in [0.3, 0.4) is 0 Å². The summed E-state index contributed by atoms with van der Waals surface area (Å²) in [6, 6.07) is 5.12. The molecule has 1 aliphatic carbocycles.